The maximum absolute atomic E-state index is 5.84. The summed E-state index contributed by atoms with van der Waals surface area (Å²) in [6.45, 7) is 4.76. The molecule has 0 fully saturated rings. The minimum Gasteiger partial charge on any atom is -0.497 e. The topological polar surface area (TPSA) is 68.3 Å². The van der Waals surface area contributed by atoms with E-state index >= 15 is 0 Å². The minimum absolute atomic E-state index is 0.0912. The standard InChI is InChI=1S/C22H26N4O2/c1-16(2)28-20-10-5-4-9-19(20)25-22-24-14-12-21(26-22)23-13-11-17-7-6-8-18(15-17)27-3/h4-10,12,14-16H,11,13H2,1-3H3,(H2,23,24,25,26). The van der Waals surface area contributed by atoms with Crippen molar-refractivity contribution >= 4 is 17.5 Å². The highest BCUT2D eigenvalue weighted by Crippen LogP contribution is 2.27. The Kier molecular flexibility index (Phi) is 6.68. The highest BCUT2D eigenvalue weighted by atomic mass is 16.5. The van der Waals surface area contributed by atoms with E-state index in [0.717, 1.165) is 36.0 Å². The van der Waals surface area contributed by atoms with E-state index in [1.165, 1.54) is 5.56 Å². The van der Waals surface area contributed by atoms with E-state index < -0.39 is 0 Å². The van der Waals surface area contributed by atoms with Crippen LogP contribution in [0.2, 0.25) is 0 Å². The highest BCUT2D eigenvalue weighted by Gasteiger charge is 2.07. The van der Waals surface area contributed by atoms with E-state index in [2.05, 4.69) is 26.7 Å². The number of methoxy groups -OCH3 is 1. The molecular formula is C22H26N4O2. The van der Waals surface area contributed by atoms with Gasteiger partial charge >= 0.3 is 0 Å². The number of ether oxygens (including phenoxy) is 2. The second kappa shape index (κ2) is 9.60. The van der Waals surface area contributed by atoms with Crippen LogP contribution < -0.4 is 20.1 Å². The molecule has 0 bridgehead atoms. The molecule has 0 radical (unpaired) electrons. The third-order valence-electron chi connectivity index (χ3n) is 4.01. The first-order valence-electron chi connectivity index (χ1n) is 9.36. The Balaban J connectivity index is 1.61. The largest absolute Gasteiger partial charge is 0.497 e. The molecule has 0 saturated carbocycles. The molecule has 28 heavy (non-hydrogen) atoms. The predicted octanol–water partition coefficient (Wildman–Crippen LogP) is 4.67. The molecule has 1 heterocycles. The lowest BCUT2D eigenvalue weighted by Crippen LogP contribution is -2.09. The van der Waals surface area contributed by atoms with Gasteiger partial charge in [0.05, 0.1) is 18.9 Å². The smallest absolute Gasteiger partial charge is 0.229 e. The molecule has 0 aliphatic heterocycles. The summed E-state index contributed by atoms with van der Waals surface area (Å²) in [5.41, 5.74) is 2.05. The Hall–Kier alpha value is -3.28. The monoisotopic (exact) mass is 378 g/mol. The van der Waals surface area contributed by atoms with Gasteiger partial charge in [-0.2, -0.15) is 4.98 Å². The van der Waals surface area contributed by atoms with Crippen molar-refractivity contribution < 1.29 is 9.47 Å². The van der Waals surface area contributed by atoms with Crippen LogP contribution in [0.3, 0.4) is 0 Å². The van der Waals surface area contributed by atoms with Crippen molar-refractivity contribution in [2.45, 2.75) is 26.4 Å². The van der Waals surface area contributed by atoms with Crippen molar-refractivity contribution in [1.82, 2.24) is 9.97 Å². The first kappa shape index (κ1) is 19.5. The van der Waals surface area contributed by atoms with Gasteiger partial charge in [0.2, 0.25) is 5.95 Å². The summed E-state index contributed by atoms with van der Waals surface area (Å²) < 4.78 is 11.1. The van der Waals surface area contributed by atoms with Crippen LogP contribution in [-0.4, -0.2) is 29.7 Å². The summed E-state index contributed by atoms with van der Waals surface area (Å²) >= 11 is 0. The molecule has 0 aliphatic rings. The fourth-order valence-electron chi connectivity index (χ4n) is 2.73. The molecule has 146 valence electrons. The third-order valence-corrected chi connectivity index (χ3v) is 4.01. The van der Waals surface area contributed by atoms with Gasteiger partial charge in [-0.1, -0.05) is 24.3 Å². The molecule has 0 aliphatic carbocycles. The maximum Gasteiger partial charge on any atom is 0.229 e. The van der Waals surface area contributed by atoms with E-state index in [4.69, 9.17) is 9.47 Å². The lowest BCUT2D eigenvalue weighted by atomic mass is 10.1. The van der Waals surface area contributed by atoms with Crippen LogP contribution in [0.1, 0.15) is 19.4 Å². The van der Waals surface area contributed by atoms with E-state index in [0.29, 0.717) is 5.95 Å². The van der Waals surface area contributed by atoms with E-state index in [1.807, 2.05) is 62.4 Å². The van der Waals surface area contributed by atoms with Crippen LogP contribution in [0, 0.1) is 0 Å². The van der Waals surface area contributed by atoms with Gasteiger partial charge in [-0.3, -0.25) is 0 Å². The van der Waals surface area contributed by atoms with E-state index in [9.17, 15) is 0 Å². The van der Waals surface area contributed by atoms with Crippen LogP contribution in [0.25, 0.3) is 0 Å². The number of hydrogen-bond acceptors (Lipinski definition) is 6. The normalized spacial score (nSPS) is 10.6. The first-order valence-corrected chi connectivity index (χ1v) is 9.36. The van der Waals surface area contributed by atoms with Crippen LogP contribution >= 0.6 is 0 Å². The zero-order valence-corrected chi connectivity index (χ0v) is 16.5. The van der Waals surface area contributed by atoms with Crippen molar-refractivity contribution in [3.8, 4) is 11.5 Å². The summed E-state index contributed by atoms with van der Waals surface area (Å²) in [6, 6.07) is 17.7. The molecule has 2 N–H and O–H groups in total. The summed E-state index contributed by atoms with van der Waals surface area (Å²) in [7, 11) is 1.68. The fraction of sp³-hybridized carbons (Fsp3) is 0.273. The molecule has 0 saturated heterocycles. The van der Waals surface area contributed by atoms with Gasteiger partial charge < -0.3 is 20.1 Å². The molecule has 1 aromatic heterocycles. The maximum atomic E-state index is 5.84. The number of nitrogens with one attached hydrogen (secondary N) is 2. The van der Waals surface area contributed by atoms with Gasteiger partial charge in [0.15, 0.2) is 0 Å². The molecule has 0 spiro atoms. The fourth-order valence-corrected chi connectivity index (χ4v) is 2.73. The average Bonchev–Trinajstić information content (AvgIpc) is 2.70. The third kappa shape index (κ3) is 5.61. The SMILES string of the molecule is COc1cccc(CCNc2ccnc(Nc3ccccc3OC(C)C)n2)c1. The van der Waals surface area contributed by atoms with Crippen molar-refractivity contribution in [1.29, 1.82) is 0 Å². The Morgan fingerprint density at radius 2 is 1.89 bits per heavy atom. The second-order valence-corrected chi connectivity index (χ2v) is 6.58. The molecule has 6 heteroatoms. The summed E-state index contributed by atoms with van der Waals surface area (Å²) in [6.07, 6.45) is 2.69. The Labute approximate surface area is 166 Å². The molecule has 0 unspecified atom stereocenters. The number of hydrogen-bond donors (Lipinski definition) is 2. The van der Waals surface area contributed by atoms with Crippen LogP contribution in [0.4, 0.5) is 17.5 Å². The predicted molar refractivity (Wildman–Crippen MR) is 113 cm³/mol. The summed E-state index contributed by atoms with van der Waals surface area (Å²) in [5, 5.41) is 6.58. The second-order valence-electron chi connectivity index (χ2n) is 6.58. The summed E-state index contributed by atoms with van der Waals surface area (Å²) in [4.78, 5) is 8.85. The van der Waals surface area contributed by atoms with E-state index in [1.54, 1.807) is 13.3 Å². The Morgan fingerprint density at radius 1 is 1.04 bits per heavy atom. The zero-order chi connectivity index (χ0) is 19.8. The Bertz CT molecular complexity index is 899. The van der Waals surface area contributed by atoms with Crippen molar-refractivity contribution in [3.05, 3.63) is 66.4 Å². The number of nitrogens with zero attached hydrogens (tertiary/aromatic N) is 2. The number of rotatable bonds is 9. The summed E-state index contributed by atoms with van der Waals surface area (Å²) in [5.74, 6) is 2.93. The van der Waals surface area contributed by atoms with Crippen LogP contribution in [-0.2, 0) is 6.42 Å². The number of aromatic nitrogens is 2. The van der Waals surface area contributed by atoms with Gasteiger partial charge in [-0.15, -0.1) is 0 Å². The van der Waals surface area contributed by atoms with Crippen molar-refractivity contribution in [2.24, 2.45) is 0 Å². The molecule has 2 aromatic carbocycles. The first-order chi connectivity index (χ1) is 13.6. The number of benzene rings is 2. The van der Waals surface area contributed by atoms with Gasteiger partial charge in [-0.05, 0) is 56.2 Å². The van der Waals surface area contributed by atoms with Crippen LogP contribution in [0.5, 0.6) is 11.5 Å². The lowest BCUT2D eigenvalue weighted by molar-refractivity contribution is 0.244. The van der Waals surface area contributed by atoms with E-state index in [-0.39, 0.29) is 6.10 Å². The molecular weight excluding hydrogens is 352 g/mol. The van der Waals surface area contributed by atoms with Crippen molar-refractivity contribution in [3.63, 3.8) is 0 Å². The quantitative estimate of drug-likeness (QED) is 0.564. The molecule has 3 aromatic rings. The van der Waals surface area contributed by atoms with Gasteiger partial charge in [0, 0.05) is 12.7 Å². The minimum atomic E-state index is 0.0912. The zero-order valence-electron chi connectivity index (χ0n) is 16.5. The molecule has 0 atom stereocenters. The van der Waals surface area contributed by atoms with Crippen molar-refractivity contribution in [2.75, 3.05) is 24.3 Å². The Morgan fingerprint density at radius 3 is 2.71 bits per heavy atom. The van der Waals surface area contributed by atoms with Gasteiger partial charge in [0.1, 0.15) is 17.3 Å². The lowest BCUT2D eigenvalue weighted by Gasteiger charge is -2.15. The molecule has 0 amide bonds. The number of anilines is 3. The van der Waals surface area contributed by atoms with Gasteiger partial charge in [0.25, 0.3) is 0 Å². The van der Waals surface area contributed by atoms with Crippen LogP contribution in [0.15, 0.2) is 60.8 Å². The highest BCUT2D eigenvalue weighted by molar-refractivity contribution is 5.63. The molecule has 6 nitrogen and oxygen atoms in total. The average molecular weight is 378 g/mol. The number of para-hydroxylation sites is 2. The van der Waals surface area contributed by atoms with Gasteiger partial charge in [-0.25, -0.2) is 4.98 Å². The molecule has 3 rings (SSSR count).